The van der Waals surface area contributed by atoms with Gasteiger partial charge in [-0.05, 0) is 45.4 Å². The lowest BCUT2D eigenvalue weighted by molar-refractivity contribution is -0.130. The molecular formula is C18H34IN5O2. The molecule has 8 heteroatoms. The number of aliphatic imine (C=N–C) groups is 1. The van der Waals surface area contributed by atoms with Crippen LogP contribution in [-0.4, -0.2) is 66.0 Å². The first-order chi connectivity index (χ1) is 11.9. The van der Waals surface area contributed by atoms with E-state index in [0.717, 1.165) is 25.6 Å². The Labute approximate surface area is 174 Å². The molecular weight excluding hydrogens is 445 g/mol. The summed E-state index contributed by atoms with van der Waals surface area (Å²) in [5, 5.41) is 6.14. The predicted octanol–water partition coefficient (Wildman–Crippen LogP) is 2.41. The summed E-state index contributed by atoms with van der Waals surface area (Å²) in [5.41, 5.74) is -0.751. The maximum absolute atomic E-state index is 12.4. The van der Waals surface area contributed by atoms with E-state index in [4.69, 9.17) is 4.99 Å². The van der Waals surface area contributed by atoms with Crippen LogP contribution in [0.25, 0.3) is 0 Å². The molecule has 0 bridgehead atoms. The first-order valence-corrected chi connectivity index (χ1v) is 9.58. The molecule has 0 aliphatic carbocycles. The van der Waals surface area contributed by atoms with Gasteiger partial charge in [0.05, 0.1) is 0 Å². The molecule has 3 amide bonds. The minimum atomic E-state index is -0.751. The molecule has 0 saturated carbocycles. The average molecular weight is 479 g/mol. The van der Waals surface area contributed by atoms with Crippen molar-refractivity contribution in [2.45, 2.75) is 58.9 Å². The van der Waals surface area contributed by atoms with Crippen LogP contribution in [0.5, 0.6) is 0 Å². The lowest BCUT2D eigenvalue weighted by Gasteiger charge is -2.33. The van der Waals surface area contributed by atoms with Crippen LogP contribution in [0.15, 0.2) is 4.99 Å². The molecule has 2 rings (SSSR count). The molecule has 2 N–H and O–H groups in total. The van der Waals surface area contributed by atoms with Gasteiger partial charge in [-0.25, -0.2) is 4.79 Å². The smallest absolute Gasteiger partial charge is 0.325 e. The van der Waals surface area contributed by atoms with E-state index in [1.807, 2.05) is 6.92 Å². The number of nitrogens with zero attached hydrogens (tertiary/aromatic N) is 3. The Morgan fingerprint density at radius 2 is 2.12 bits per heavy atom. The van der Waals surface area contributed by atoms with Crippen molar-refractivity contribution in [2.24, 2.45) is 10.9 Å². The maximum atomic E-state index is 12.4. The van der Waals surface area contributed by atoms with E-state index in [0.29, 0.717) is 31.8 Å². The van der Waals surface area contributed by atoms with Crippen molar-refractivity contribution < 1.29 is 9.59 Å². The monoisotopic (exact) mass is 479 g/mol. The van der Waals surface area contributed by atoms with E-state index in [2.05, 4.69) is 29.4 Å². The molecule has 26 heavy (non-hydrogen) atoms. The minimum absolute atomic E-state index is 0. The summed E-state index contributed by atoms with van der Waals surface area (Å²) in [5.74, 6) is 1.51. The van der Waals surface area contributed by atoms with Crippen molar-refractivity contribution >= 4 is 41.9 Å². The fraction of sp³-hybridized carbons (Fsp3) is 0.833. The second-order valence-corrected chi connectivity index (χ2v) is 7.36. The number of carbonyl (C=O) groups is 2. The molecule has 0 aromatic heterocycles. The van der Waals surface area contributed by atoms with E-state index >= 15 is 0 Å². The van der Waals surface area contributed by atoms with Crippen molar-refractivity contribution in [1.82, 2.24) is 20.4 Å². The zero-order valence-electron chi connectivity index (χ0n) is 16.5. The predicted molar refractivity (Wildman–Crippen MR) is 115 cm³/mol. The summed E-state index contributed by atoms with van der Waals surface area (Å²) in [7, 11) is 0. The van der Waals surface area contributed by atoms with Crippen LogP contribution in [0.3, 0.4) is 0 Å². The molecule has 2 aliphatic heterocycles. The minimum Gasteiger partial charge on any atom is -0.357 e. The van der Waals surface area contributed by atoms with E-state index in [1.54, 1.807) is 6.92 Å². The summed E-state index contributed by atoms with van der Waals surface area (Å²) < 4.78 is 0. The highest BCUT2D eigenvalue weighted by atomic mass is 127. The second kappa shape index (κ2) is 10.3. The van der Waals surface area contributed by atoms with Crippen LogP contribution < -0.4 is 10.6 Å². The van der Waals surface area contributed by atoms with Crippen LogP contribution in [0.2, 0.25) is 0 Å². The standard InChI is InChI=1S/C18H33N5O2.HI/c1-5-18(4)15(24)23(17(25)21-18)12-8-10-20-16(19-6-2)22-11-7-9-14(3)13-22;/h14H,5-13H2,1-4H3,(H,19,20)(H,21,25);1H. The number of rotatable bonds is 6. The van der Waals surface area contributed by atoms with E-state index in [9.17, 15) is 9.59 Å². The number of guanidine groups is 1. The topological polar surface area (TPSA) is 77.0 Å². The van der Waals surface area contributed by atoms with Crippen LogP contribution in [0.4, 0.5) is 4.79 Å². The van der Waals surface area contributed by atoms with Gasteiger partial charge in [-0.3, -0.25) is 14.7 Å². The van der Waals surface area contributed by atoms with Crippen molar-refractivity contribution in [2.75, 3.05) is 32.7 Å². The first-order valence-electron chi connectivity index (χ1n) is 9.58. The number of piperidine rings is 1. The molecule has 0 aromatic rings. The number of urea groups is 1. The van der Waals surface area contributed by atoms with E-state index in [1.165, 1.54) is 17.7 Å². The molecule has 2 heterocycles. The third-order valence-electron chi connectivity index (χ3n) is 5.15. The van der Waals surface area contributed by atoms with E-state index < -0.39 is 5.54 Å². The van der Waals surface area contributed by atoms with Gasteiger partial charge >= 0.3 is 6.03 Å². The Hall–Kier alpha value is -1.06. The summed E-state index contributed by atoms with van der Waals surface area (Å²) in [6.07, 6.45) is 3.75. The van der Waals surface area contributed by atoms with Crippen molar-refractivity contribution in [3.63, 3.8) is 0 Å². The van der Waals surface area contributed by atoms with Gasteiger partial charge in [0.1, 0.15) is 5.54 Å². The van der Waals surface area contributed by atoms with Gasteiger partial charge in [0.25, 0.3) is 5.91 Å². The van der Waals surface area contributed by atoms with Gasteiger partial charge in [0.2, 0.25) is 0 Å². The Kier molecular flexibility index (Phi) is 9.12. The highest BCUT2D eigenvalue weighted by molar-refractivity contribution is 14.0. The molecule has 0 radical (unpaired) electrons. The molecule has 2 saturated heterocycles. The summed E-state index contributed by atoms with van der Waals surface area (Å²) >= 11 is 0. The second-order valence-electron chi connectivity index (χ2n) is 7.36. The number of amides is 3. The fourth-order valence-electron chi connectivity index (χ4n) is 3.41. The van der Waals surface area contributed by atoms with Gasteiger partial charge in [-0.15, -0.1) is 24.0 Å². The number of hydrogen-bond acceptors (Lipinski definition) is 3. The Morgan fingerprint density at radius 1 is 1.38 bits per heavy atom. The highest BCUT2D eigenvalue weighted by Crippen LogP contribution is 2.21. The SMILES string of the molecule is CCNC(=NCCCN1C(=O)NC(C)(CC)C1=O)N1CCCC(C)C1.I. The fourth-order valence-corrected chi connectivity index (χ4v) is 3.41. The lowest BCUT2D eigenvalue weighted by Crippen LogP contribution is -2.46. The molecule has 7 nitrogen and oxygen atoms in total. The van der Waals surface area contributed by atoms with Crippen molar-refractivity contribution in [3.8, 4) is 0 Å². The average Bonchev–Trinajstić information content (AvgIpc) is 2.81. The van der Waals surface area contributed by atoms with Gasteiger partial charge in [-0.2, -0.15) is 0 Å². The first kappa shape index (κ1) is 23.0. The van der Waals surface area contributed by atoms with Crippen molar-refractivity contribution in [1.29, 1.82) is 0 Å². The largest absolute Gasteiger partial charge is 0.357 e. The number of likely N-dealkylation sites (tertiary alicyclic amines) is 1. The zero-order chi connectivity index (χ0) is 18.4. The number of imide groups is 1. The molecule has 2 atom stereocenters. The molecule has 2 unspecified atom stereocenters. The molecule has 2 fully saturated rings. The molecule has 0 aromatic carbocycles. The van der Waals surface area contributed by atoms with Crippen LogP contribution in [0, 0.1) is 5.92 Å². The maximum Gasteiger partial charge on any atom is 0.325 e. The van der Waals surface area contributed by atoms with Crippen molar-refractivity contribution in [3.05, 3.63) is 0 Å². The zero-order valence-corrected chi connectivity index (χ0v) is 18.8. The van der Waals surface area contributed by atoms with Gasteiger partial charge < -0.3 is 15.5 Å². The molecule has 0 spiro atoms. The Morgan fingerprint density at radius 3 is 2.69 bits per heavy atom. The third-order valence-corrected chi connectivity index (χ3v) is 5.15. The third kappa shape index (κ3) is 5.47. The molecule has 2 aliphatic rings. The number of nitrogens with one attached hydrogen (secondary N) is 2. The lowest BCUT2D eigenvalue weighted by atomic mass is 9.99. The summed E-state index contributed by atoms with van der Waals surface area (Å²) in [4.78, 5) is 32.7. The number of hydrogen-bond donors (Lipinski definition) is 2. The summed E-state index contributed by atoms with van der Waals surface area (Å²) in [6, 6.07) is -0.282. The van der Waals surface area contributed by atoms with Crippen LogP contribution in [0.1, 0.15) is 53.4 Å². The van der Waals surface area contributed by atoms with Gasteiger partial charge in [0, 0.05) is 32.7 Å². The van der Waals surface area contributed by atoms with Crippen LogP contribution in [-0.2, 0) is 4.79 Å². The number of carbonyl (C=O) groups excluding carboxylic acids is 2. The van der Waals surface area contributed by atoms with E-state index in [-0.39, 0.29) is 35.9 Å². The molecule has 150 valence electrons. The normalized spacial score (nSPS) is 26.6. The quantitative estimate of drug-likeness (QED) is 0.202. The highest BCUT2D eigenvalue weighted by Gasteiger charge is 2.45. The van der Waals surface area contributed by atoms with Crippen LogP contribution >= 0.6 is 24.0 Å². The Balaban J connectivity index is 0.00000338. The van der Waals surface area contributed by atoms with Gasteiger partial charge in [0.15, 0.2) is 5.96 Å². The summed E-state index contributed by atoms with van der Waals surface area (Å²) in [6.45, 7) is 12.0. The van der Waals surface area contributed by atoms with Gasteiger partial charge in [-0.1, -0.05) is 13.8 Å². The Bertz CT molecular complexity index is 528. The number of halogens is 1.